The van der Waals surface area contributed by atoms with Gasteiger partial charge < -0.3 is 14.7 Å². The molecule has 23 heavy (non-hydrogen) atoms. The van der Waals surface area contributed by atoms with Crippen molar-refractivity contribution < 1.29 is 9.84 Å². The van der Waals surface area contributed by atoms with E-state index in [2.05, 4.69) is 9.80 Å². The van der Waals surface area contributed by atoms with Gasteiger partial charge in [0.1, 0.15) is 0 Å². The van der Waals surface area contributed by atoms with Crippen molar-refractivity contribution in [2.45, 2.75) is 32.5 Å². The summed E-state index contributed by atoms with van der Waals surface area (Å²) in [5.74, 6) is 0. The van der Waals surface area contributed by atoms with Gasteiger partial charge in [-0.2, -0.15) is 0 Å². The van der Waals surface area contributed by atoms with Crippen LogP contribution < -0.4 is 4.90 Å². The molecule has 1 saturated heterocycles. The fourth-order valence-corrected chi connectivity index (χ4v) is 2.86. The lowest BCUT2D eigenvalue weighted by Gasteiger charge is -2.37. The van der Waals surface area contributed by atoms with Crippen molar-refractivity contribution in [2.75, 3.05) is 44.2 Å². The van der Waals surface area contributed by atoms with E-state index >= 15 is 0 Å². The number of aliphatic hydroxyl groups excluding tert-OH is 1. The number of piperazine rings is 1. The molecule has 0 aliphatic carbocycles. The molecular weight excluding hydrogens is 335 g/mol. The first-order chi connectivity index (χ1) is 10.7. The number of anilines is 1. The lowest BCUT2D eigenvalue weighted by molar-refractivity contribution is -0.0563. The molecule has 0 bridgehead atoms. The molecule has 0 amide bonds. The molecule has 1 aliphatic heterocycles. The topological polar surface area (TPSA) is 35.9 Å². The maximum absolute atomic E-state index is 10.1. The normalized spacial score (nSPS) is 18.3. The van der Waals surface area contributed by atoms with Crippen LogP contribution in [0.4, 0.5) is 5.69 Å². The minimum atomic E-state index is -0.453. The number of benzene rings is 1. The number of hydrogen-bond acceptors (Lipinski definition) is 4. The number of hydrogen-bond donors (Lipinski definition) is 1. The second kappa shape index (κ2) is 8.04. The Morgan fingerprint density at radius 1 is 1.13 bits per heavy atom. The number of β-amino-alcohol motifs (C(OH)–C–C–N with tert-alkyl or cyclic N) is 1. The van der Waals surface area contributed by atoms with Gasteiger partial charge in [-0.05, 0) is 39.0 Å². The van der Waals surface area contributed by atoms with Crippen LogP contribution in [0.5, 0.6) is 0 Å². The van der Waals surface area contributed by atoms with Crippen LogP contribution in [0, 0.1) is 0 Å². The van der Waals surface area contributed by atoms with Gasteiger partial charge in [0.05, 0.1) is 28.4 Å². The second-order valence-electron chi connectivity index (χ2n) is 6.96. The van der Waals surface area contributed by atoms with Gasteiger partial charge in [0.25, 0.3) is 0 Å². The van der Waals surface area contributed by atoms with Crippen LogP contribution in [0.25, 0.3) is 0 Å². The van der Waals surface area contributed by atoms with E-state index in [4.69, 9.17) is 27.9 Å². The fraction of sp³-hybridized carbons (Fsp3) is 0.647. The Bertz CT molecular complexity index is 512. The van der Waals surface area contributed by atoms with Crippen molar-refractivity contribution in [1.29, 1.82) is 0 Å². The van der Waals surface area contributed by atoms with E-state index in [1.165, 1.54) is 0 Å². The minimum Gasteiger partial charge on any atom is -0.389 e. The van der Waals surface area contributed by atoms with E-state index in [-0.39, 0.29) is 5.60 Å². The average molecular weight is 361 g/mol. The molecule has 0 saturated carbocycles. The molecule has 1 fully saturated rings. The zero-order valence-corrected chi connectivity index (χ0v) is 15.6. The fourth-order valence-electron chi connectivity index (χ4n) is 2.57. The summed E-state index contributed by atoms with van der Waals surface area (Å²) in [4.78, 5) is 4.56. The molecule has 0 spiro atoms. The molecule has 0 aromatic heterocycles. The van der Waals surface area contributed by atoms with E-state index in [0.29, 0.717) is 23.2 Å². The summed E-state index contributed by atoms with van der Waals surface area (Å²) in [7, 11) is 0. The summed E-state index contributed by atoms with van der Waals surface area (Å²) in [6, 6.07) is 5.74. The first-order valence-electron chi connectivity index (χ1n) is 7.99. The van der Waals surface area contributed by atoms with Gasteiger partial charge in [0.15, 0.2) is 0 Å². The second-order valence-corrected chi connectivity index (χ2v) is 7.78. The zero-order valence-electron chi connectivity index (χ0n) is 14.1. The molecule has 2 rings (SSSR count). The molecule has 1 aliphatic rings. The molecule has 1 heterocycles. The lowest BCUT2D eigenvalue weighted by atomic mass is 10.2. The van der Waals surface area contributed by atoms with E-state index in [0.717, 1.165) is 31.9 Å². The monoisotopic (exact) mass is 360 g/mol. The molecule has 1 atom stereocenters. The summed E-state index contributed by atoms with van der Waals surface area (Å²) >= 11 is 12.0. The highest BCUT2D eigenvalue weighted by Gasteiger charge is 2.21. The van der Waals surface area contributed by atoms with Gasteiger partial charge in [0, 0.05) is 38.4 Å². The van der Waals surface area contributed by atoms with E-state index in [1.807, 2.05) is 39.0 Å². The van der Waals surface area contributed by atoms with Crippen molar-refractivity contribution in [3.63, 3.8) is 0 Å². The Morgan fingerprint density at radius 2 is 1.78 bits per heavy atom. The first kappa shape index (κ1) is 18.8. The maximum Gasteiger partial charge on any atom is 0.0900 e. The standard InChI is InChI=1S/C17H26Cl2N2O2/c1-17(2,3)23-12-14(22)11-20-6-8-21(9-7-20)13-4-5-15(18)16(19)10-13/h4-5,10,14,22H,6-9,11-12H2,1-3H3. The van der Waals surface area contributed by atoms with E-state index in [9.17, 15) is 5.11 Å². The number of nitrogens with zero attached hydrogens (tertiary/aromatic N) is 2. The summed E-state index contributed by atoms with van der Waals surface area (Å²) in [5.41, 5.74) is 0.878. The van der Waals surface area contributed by atoms with Gasteiger partial charge in [-0.3, -0.25) is 4.90 Å². The maximum atomic E-state index is 10.1. The van der Waals surface area contributed by atoms with Crippen molar-refractivity contribution in [3.8, 4) is 0 Å². The predicted octanol–water partition coefficient (Wildman–Crippen LogP) is 3.29. The Balaban J connectivity index is 1.78. The third-order valence-electron chi connectivity index (χ3n) is 3.82. The van der Waals surface area contributed by atoms with Gasteiger partial charge >= 0.3 is 0 Å². The first-order valence-corrected chi connectivity index (χ1v) is 8.74. The van der Waals surface area contributed by atoms with Crippen molar-refractivity contribution in [3.05, 3.63) is 28.2 Å². The van der Waals surface area contributed by atoms with Gasteiger partial charge in [-0.15, -0.1) is 0 Å². The molecule has 1 aromatic rings. The lowest BCUT2D eigenvalue weighted by Crippen LogP contribution is -2.49. The molecule has 130 valence electrons. The Hall–Kier alpha value is -0.520. The van der Waals surface area contributed by atoms with Crippen LogP contribution in [0.3, 0.4) is 0 Å². The third kappa shape index (κ3) is 6.12. The van der Waals surface area contributed by atoms with E-state index in [1.54, 1.807) is 0 Å². The van der Waals surface area contributed by atoms with Crippen molar-refractivity contribution >= 4 is 28.9 Å². The summed E-state index contributed by atoms with van der Waals surface area (Å²) in [5, 5.41) is 11.3. The minimum absolute atomic E-state index is 0.215. The van der Waals surface area contributed by atoms with Crippen LogP contribution in [-0.4, -0.2) is 61.0 Å². The highest BCUT2D eigenvalue weighted by atomic mass is 35.5. The van der Waals surface area contributed by atoms with Crippen LogP contribution >= 0.6 is 23.2 Å². The summed E-state index contributed by atoms with van der Waals surface area (Å²) in [6.07, 6.45) is -0.453. The predicted molar refractivity (Wildman–Crippen MR) is 96.8 cm³/mol. The van der Waals surface area contributed by atoms with Gasteiger partial charge in [-0.25, -0.2) is 0 Å². The van der Waals surface area contributed by atoms with Crippen molar-refractivity contribution in [1.82, 2.24) is 4.90 Å². The quantitative estimate of drug-likeness (QED) is 0.873. The Labute approximate surface area is 148 Å². The summed E-state index contributed by atoms with van der Waals surface area (Å²) < 4.78 is 5.63. The molecule has 6 heteroatoms. The molecule has 1 aromatic carbocycles. The van der Waals surface area contributed by atoms with Gasteiger partial charge in [0.2, 0.25) is 0 Å². The van der Waals surface area contributed by atoms with Crippen LogP contribution in [0.2, 0.25) is 10.0 Å². The smallest absolute Gasteiger partial charge is 0.0900 e. The average Bonchev–Trinajstić information content (AvgIpc) is 2.48. The molecule has 1 unspecified atom stereocenters. The zero-order chi connectivity index (χ0) is 17.0. The number of halogens is 2. The summed E-state index contributed by atoms with van der Waals surface area (Å²) in [6.45, 7) is 10.6. The Kier molecular flexibility index (Phi) is 6.57. The van der Waals surface area contributed by atoms with Crippen molar-refractivity contribution in [2.24, 2.45) is 0 Å². The number of rotatable bonds is 5. The highest BCUT2D eigenvalue weighted by Crippen LogP contribution is 2.27. The molecular formula is C17H26Cl2N2O2. The third-order valence-corrected chi connectivity index (χ3v) is 4.56. The highest BCUT2D eigenvalue weighted by molar-refractivity contribution is 6.42. The van der Waals surface area contributed by atoms with Gasteiger partial charge in [-0.1, -0.05) is 23.2 Å². The number of aliphatic hydroxyl groups is 1. The molecule has 1 N–H and O–H groups in total. The van der Waals surface area contributed by atoms with Crippen LogP contribution in [-0.2, 0) is 4.74 Å². The van der Waals surface area contributed by atoms with E-state index < -0.39 is 6.10 Å². The van der Waals surface area contributed by atoms with Crippen LogP contribution in [0.15, 0.2) is 18.2 Å². The Morgan fingerprint density at radius 3 is 2.35 bits per heavy atom. The largest absolute Gasteiger partial charge is 0.389 e. The van der Waals surface area contributed by atoms with Crippen LogP contribution in [0.1, 0.15) is 20.8 Å². The number of ether oxygens (including phenoxy) is 1. The SMILES string of the molecule is CC(C)(C)OCC(O)CN1CCN(c2ccc(Cl)c(Cl)c2)CC1. The molecule has 4 nitrogen and oxygen atoms in total. The molecule has 0 radical (unpaired) electrons.